The fraction of sp³-hybridized carbons (Fsp3) is 0.0556. The highest BCUT2D eigenvalue weighted by Gasteiger charge is 2.17. The maximum absolute atomic E-state index is 12.4. The Morgan fingerprint density at radius 3 is 2.68 bits per heavy atom. The summed E-state index contributed by atoms with van der Waals surface area (Å²) in [6.45, 7) is 0.133. The molecule has 7 nitrogen and oxygen atoms in total. The first kappa shape index (κ1) is 14.9. The second-order valence-corrected chi connectivity index (χ2v) is 5.39. The Labute approximate surface area is 142 Å². The molecule has 1 aliphatic rings. The number of carbonyl (C=O) groups excluding carboxylic acids is 1. The molecule has 0 saturated heterocycles. The van der Waals surface area contributed by atoms with E-state index in [0.717, 1.165) is 11.1 Å². The van der Waals surface area contributed by atoms with E-state index in [0.29, 0.717) is 17.1 Å². The molecule has 3 aromatic rings. The van der Waals surface area contributed by atoms with Crippen LogP contribution < -0.4 is 20.3 Å². The van der Waals surface area contributed by atoms with Crippen LogP contribution in [0.15, 0.2) is 59.8 Å². The first-order chi connectivity index (χ1) is 12.2. The monoisotopic (exact) mass is 335 g/mol. The molecule has 0 bridgehead atoms. The van der Waals surface area contributed by atoms with Crippen LogP contribution in [0.25, 0.3) is 11.1 Å². The van der Waals surface area contributed by atoms with Crippen molar-refractivity contribution in [2.75, 3.05) is 12.1 Å². The van der Waals surface area contributed by atoms with Crippen molar-refractivity contribution in [1.29, 1.82) is 0 Å². The molecule has 0 aliphatic carbocycles. The summed E-state index contributed by atoms with van der Waals surface area (Å²) < 4.78 is 10.5. The van der Waals surface area contributed by atoms with Crippen molar-refractivity contribution in [3.05, 3.63) is 70.9 Å². The zero-order chi connectivity index (χ0) is 17.2. The highest BCUT2D eigenvalue weighted by molar-refractivity contribution is 6.04. The second-order valence-electron chi connectivity index (χ2n) is 5.39. The summed E-state index contributed by atoms with van der Waals surface area (Å²) in [6.07, 6.45) is 4.91. The number of hydrogen-bond acceptors (Lipinski definition) is 5. The van der Waals surface area contributed by atoms with E-state index in [2.05, 4.69) is 15.3 Å². The molecular weight excluding hydrogens is 322 g/mol. The maximum atomic E-state index is 12.4. The van der Waals surface area contributed by atoms with E-state index in [-0.39, 0.29) is 18.0 Å². The van der Waals surface area contributed by atoms with Gasteiger partial charge in [-0.1, -0.05) is 0 Å². The lowest BCUT2D eigenvalue weighted by atomic mass is 10.1. The summed E-state index contributed by atoms with van der Waals surface area (Å²) in [6, 6.07) is 10.1. The van der Waals surface area contributed by atoms with Crippen molar-refractivity contribution in [2.45, 2.75) is 0 Å². The number of H-pyrrole nitrogens is 1. The standard InChI is InChI=1S/C18H13N3O4/c22-17(12-1-2-15-16(8-12)25-10-24-15)21-14-7-13(9-20-18(14)23)11-3-5-19-6-4-11/h1-9H,10H2,(H,20,23)(H,21,22). The molecule has 0 atom stereocenters. The molecule has 0 unspecified atom stereocenters. The first-order valence-electron chi connectivity index (χ1n) is 7.55. The summed E-state index contributed by atoms with van der Waals surface area (Å²) in [5.41, 5.74) is 1.80. The van der Waals surface area contributed by atoms with Crippen LogP contribution in [0.2, 0.25) is 0 Å². The van der Waals surface area contributed by atoms with Gasteiger partial charge in [0.25, 0.3) is 11.5 Å². The Bertz CT molecular complexity index is 999. The van der Waals surface area contributed by atoms with E-state index in [1.807, 2.05) is 12.1 Å². The van der Waals surface area contributed by atoms with Gasteiger partial charge in [0, 0.05) is 29.7 Å². The summed E-state index contributed by atoms with van der Waals surface area (Å²) in [4.78, 5) is 31.1. The van der Waals surface area contributed by atoms with Gasteiger partial charge in [-0.25, -0.2) is 0 Å². The Balaban J connectivity index is 1.62. The molecule has 0 fully saturated rings. The molecule has 0 radical (unpaired) electrons. The topological polar surface area (TPSA) is 93.3 Å². The number of amides is 1. The van der Waals surface area contributed by atoms with Crippen LogP contribution in [-0.2, 0) is 0 Å². The second kappa shape index (κ2) is 6.12. The average Bonchev–Trinajstić information content (AvgIpc) is 3.12. The normalized spacial score (nSPS) is 12.0. The molecular formula is C18H13N3O4. The van der Waals surface area contributed by atoms with Gasteiger partial charge in [0.05, 0.1) is 0 Å². The van der Waals surface area contributed by atoms with Gasteiger partial charge in [0.2, 0.25) is 6.79 Å². The highest BCUT2D eigenvalue weighted by Crippen LogP contribution is 2.32. The minimum absolute atomic E-state index is 0.133. The van der Waals surface area contributed by atoms with E-state index in [4.69, 9.17) is 9.47 Å². The number of benzene rings is 1. The Morgan fingerprint density at radius 1 is 1.04 bits per heavy atom. The first-order valence-corrected chi connectivity index (χ1v) is 7.55. The van der Waals surface area contributed by atoms with Gasteiger partial charge in [-0.15, -0.1) is 0 Å². The third-order valence-electron chi connectivity index (χ3n) is 3.80. The van der Waals surface area contributed by atoms with Gasteiger partial charge in [0.1, 0.15) is 5.69 Å². The van der Waals surface area contributed by atoms with Crippen molar-refractivity contribution < 1.29 is 14.3 Å². The lowest BCUT2D eigenvalue weighted by Crippen LogP contribution is -2.19. The van der Waals surface area contributed by atoms with Crippen molar-refractivity contribution in [3.8, 4) is 22.6 Å². The quantitative estimate of drug-likeness (QED) is 0.767. The molecule has 25 heavy (non-hydrogen) atoms. The van der Waals surface area contributed by atoms with Gasteiger partial charge in [-0.2, -0.15) is 0 Å². The molecule has 1 aromatic carbocycles. The number of anilines is 1. The zero-order valence-electron chi connectivity index (χ0n) is 13.0. The number of rotatable bonds is 3. The number of aromatic nitrogens is 2. The smallest absolute Gasteiger partial charge is 0.271 e. The zero-order valence-corrected chi connectivity index (χ0v) is 13.0. The molecule has 2 N–H and O–H groups in total. The SMILES string of the molecule is O=C(Nc1cc(-c2ccncc2)c[nH]c1=O)c1ccc2c(c1)OCO2. The molecule has 7 heteroatoms. The fourth-order valence-corrected chi connectivity index (χ4v) is 2.52. The lowest BCUT2D eigenvalue weighted by molar-refractivity contribution is 0.102. The van der Waals surface area contributed by atoms with Crippen LogP contribution in [0.5, 0.6) is 11.5 Å². The van der Waals surface area contributed by atoms with Gasteiger partial charge in [-0.3, -0.25) is 14.6 Å². The maximum Gasteiger partial charge on any atom is 0.271 e. The number of ether oxygens (including phenoxy) is 2. The predicted octanol–water partition coefficient (Wildman–Crippen LogP) is 2.42. The molecule has 0 saturated carbocycles. The Morgan fingerprint density at radius 2 is 1.84 bits per heavy atom. The van der Waals surface area contributed by atoms with E-state index in [1.165, 1.54) is 0 Å². The number of pyridine rings is 2. The van der Waals surface area contributed by atoms with Crippen LogP contribution in [-0.4, -0.2) is 22.7 Å². The average molecular weight is 335 g/mol. The third-order valence-corrected chi connectivity index (χ3v) is 3.80. The Kier molecular flexibility index (Phi) is 3.66. The van der Waals surface area contributed by atoms with Crippen molar-refractivity contribution in [2.24, 2.45) is 0 Å². The minimum atomic E-state index is -0.407. The Hall–Kier alpha value is -3.61. The van der Waals surface area contributed by atoms with Gasteiger partial charge in [0.15, 0.2) is 11.5 Å². The van der Waals surface area contributed by atoms with Crippen LogP contribution in [0.4, 0.5) is 5.69 Å². The number of nitrogens with one attached hydrogen (secondary N) is 2. The van der Waals surface area contributed by atoms with E-state index < -0.39 is 5.91 Å². The van der Waals surface area contributed by atoms with E-state index in [1.54, 1.807) is 42.9 Å². The van der Waals surface area contributed by atoms with Crippen LogP contribution in [0, 0.1) is 0 Å². The number of hydrogen-bond donors (Lipinski definition) is 2. The van der Waals surface area contributed by atoms with Crippen LogP contribution in [0.1, 0.15) is 10.4 Å². The molecule has 124 valence electrons. The number of aromatic amines is 1. The van der Waals surface area contributed by atoms with Gasteiger partial charge < -0.3 is 19.8 Å². The van der Waals surface area contributed by atoms with E-state index >= 15 is 0 Å². The van der Waals surface area contributed by atoms with E-state index in [9.17, 15) is 9.59 Å². The lowest BCUT2D eigenvalue weighted by Gasteiger charge is -2.07. The summed E-state index contributed by atoms with van der Waals surface area (Å²) >= 11 is 0. The van der Waals surface area contributed by atoms with Gasteiger partial charge >= 0.3 is 0 Å². The summed E-state index contributed by atoms with van der Waals surface area (Å²) in [5.74, 6) is 0.692. The van der Waals surface area contributed by atoms with Crippen LogP contribution >= 0.6 is 0 Å². The molecule has 1 aliphatic heterocycles. The third kappa shape index (κ3) is 2.94. The predicted molar refractivity (Wildman–Crippen MR) is 90.8 cm³/mol. The number of nitrogens with zero attached hydrogens (tertiary/aromatic N) is 1. The summed E-state index contributed by atoms with van der Waals surface area (Å²) in [7, 11) is 0. The largest absolute Gasteiger partial charge is 0.454 e. The highest BCUT2D eigenvalue weighted by atomic mass is 16.7. The molecule has 4 rings (SSSR count). The summed E-state index contributed by atoms with van der Waals surface area (Å²) in [5, 5.41) is 2.63. The minimum Gasteiger partial charge on any atom is -0.454 e. The van der Waals surface area contributed by atoms with Crippen molar-refractivity contribution >= 4 is 11.6 Å². The molecule has 1 amide bonds. The van der Waals surface area contributed by atoms with Crippen LogP contribution in [0.3, 0.4) is 0 Å². The molecule has 3 heterocycles. The number of fused-ring (bicyclic) bond motifs is 1. The molecule has 2 aromatic heterocycles. The van der Waals surface area contributed by atoms with Crippen molar-refractivity contribution in [1.82, 2.24) is 9.97 Å². The van der Waals surface area contributed by atoms with Crippen molar-refractivity contribution in [3.63, 3.8) is 0 Å². The fourth-order valence-electron chi connectivity index (χ4n) is 2.52. The van der Waals surface area contributed by atoms with Gasteiger partial charge in [-0.05, 0) is 42.0 Å². The molecule has 0 spiro atoms. The number of carbonyl (C=O) groups is 1.